The van der Waals surface area contributed by atoms with Crippen LogP contribution in [0.3, 0.4) is 0 Å². The maximum atomic E-state index is 12.0. The van der Waals surface area contributed by atoms with Crippen molar-refractivity contribution in [3.05, 3.63) is 65.2 Å². The third-order valence-electron chi connectivity index (χ3n) is 3.92. The quantitative estimate of drug-likeness (QED) is 0.774. The Morgan fingerprint density at radius 2 is 1.84 bits per heavy atom. The average Bonchev–Trinajstić information content (AvgIpc) is 2.60. The van der Waals surface area contributed by atoms with Crippen LogP contribution in [-0.2, 0) is 16.0 Å². The summed E-state index contributed by atoms with van der Waals surface area (Å²) in [6, 6.07) is 15.1. The number of hydrogen-bond donors (Lipinski definition) is 2. The van der Waals surface area contributed by atoms with Gasteiger partial charge in [0, 0.05) is 6.54 Å². The number of carboxylic acid groups (broad SMARTS) is 1. The van der Waals surface area contributed by atoms with Crippen LogP contribution in [0, 0.1) is 19.8 Å². The van der Waals surface area contributed by atoms with Gasteiger partial charge in [-0.3, -0.25) is 9.59 Å². The van der Waals surface area contributed by atoms with Crippen molar-refractivity contribution in [3.8, 4) is 5.75 Å². The van der Waals surface area contributed by atoms with Crippen LogP contribution in [-0.4, -0.2) is 30.1 Å². The number of carbonyl (C=O) groups excluding carboxylic acids is 1. The number of carboxylic acids is 1. The number of amides is 1. The Morgan fingerprint density at radius 1 is 1.12 bits per heavy atom. The highest BCUT2D eigenvalue weighted by Gasteiger charge is 2.19. The Bertz CT molecular complexity index is 728. The fourth-order valence-electron chi connectivity index (χ4n) is 2.44. The smallest absolute Gasteiger partial charge is 0.308 e. The molecule has 5 nitrogen and oxygen atoms in total. The van der Waals surface area contributed by atoms with Gasteiger partial charge in [-0.1, -0.05) is 42.5 Å². The Hall–Kier alpha value is -2.82. The number of carbonyl (C=O) groups is 2. The van der Waals surface area contributed by atoms with Gasteiger partial charge < -0.3 is 15.2 Å². The molecule has 0 saturated carbocycles. The number of hydrogen-bond acceptors (Lipinski definition) is 3. The molecule has 2 N–H and O–H groups in total. The summed E-state index contributed by atoms with van der Waals surface area (Å²) in [6.07, 6.45) is 0.369. The second-order valence-electron chi connectivity index (χ2n) is 6.09. The van der Waals surface area contributed by atoms with Crippen molar-refractivity contribution in [3.63, 3.8) is 0 Å². The maximum absolute atomic E-state index is 12.0. The van der Waals surface area contributed by atoms with Gasteiger partial charge >= 0.3 is 5.97 Å². The molecule has 0 aliphatic carbocycles. The SMILES string of the molecule is Cc1ccc(C)c(OCC(=O)NCC(Cc2ccccc2)C(=O)O)c1. The van der Waals surface area contributed by atoms with E-state index in [0.29, 0.717) is 12.2 Å². The van der Waals surface area contributed by atoms with Crippen LogP contribution in [0.15, 0.2) is 48.5 Å². The summed E-state index contributed by atoms with van der Waals surface area (Å²) < 4.78 is 5.53. The molecule has 0 aliphatic rings. The summed E-state index contributed by atoms with van der Waals surface area (Å²) in [5.41, 5.74) is 2.93. The van der Waals surface area contributed by atoms with Crippen molar-refractivity contribution in [2.75, 3.05) is 13.2 Å². The lowest BCUT2D eigenvalue weighted by atomic mass is 9.99. The first-order valence-electron chi connectivity index (χ1n) is 8.19. The molecule has 132 valence electrons. The number of aryl methyl sites for hydroxylation is 2. The minimum atomic E-state index is -0.931. The normalized spacial score (nSPS) is 11.6. The Balaban J connectivity index is 1.84. The average molecular weight is 341 g/mol. The monoisotopic (exact) mass is 341 g/mol. The number of benzene rings is 2. The van der Waals surface area contributed by atoms with E-state index in [1.165, 1.54) is 0 Å². The fraction of sp³-hybridized carbons (Fsp3) is 0.300. The van der Waals surface area contributed by atoms with Gasteiger partial charge in [0.2, 0.25) is 0 Å². The van der Waals surface area contributed by atoms with E-state index in [-0.39, 0.29) is 19.1 Å². The first kappa shape index (κ1) is 18.5. The molecule has 25 heavy (non-hydrogen) atoms. The van der Waals surface area contributed by atoms with Crippen molar-refractivity contribution in [2.45, 2.75) is 20.3 Å². The highest BCUT2D eigenvalue weighted by Crippen LogP contribution is 2.18. The van der Waals surface area contributed by atoms with E-state index >= 15 is 0 Å². The Kier molecular flexibility index (Phi) is 6.57. The molecular weight excluding hydrogens is 318 g/mol. The summed E-state index contributed by atoms with van der Waals surface area (Å²) >= 11 is 0. The van der Waals surface area contributed by atoms with Crippen LogP contribution in [0.25, 0.3) is 0 Å². The van der Waals surface area contributed by atoms with Crippen molar-refractivity contribution in [2.24, 2.45) is 5.92 Å². The summed E-state index contributed by atoms with van der Waals surface area (Å²) in [7, 11) is 0. The Morgan fingerprint density at radius 3 is 2.52 bits per heavy atom. The molecule has 2 aromatic carbocycles. The van der Waals surface area contributed by atoms with Gasteiger partial charge in [-0.25, -0.2) is 0 Å². The molecule has 1 amide bonds. The van der Waals surface area contributed by atoms with Crippen LogP contribution in [0.2, 0.25) is 0 Å². The van der Waals surface area contributed by atoms with E-state index in [0.717, 1.165) is 16.7 Å². The van der Waals surface area contributed by atoms with E-state index in [1.54, 1.807) is 0 Å². The first-order chi connectivity index (χ1) is 12.0. The molecule has 2 aromatic rings. The topological polar surface area (TPSA) is 75.6 Å². The summed E-state index contributed by atoms with van der Waals surface area (Å²) in [5, 5.41) is 12.0. The van der Waals surface area contributed by atoms with Gasteiger partial charge in [0.25, 0.3) is 5.91 Å². The predicted octanol–water partition coefficient (Wildman–Crippen LogP) is 2.74. The summed E-state index contributed by atoms with van der Waals surface area (Å²) in [5.74, 6) is -1.28. The molecular formula is C20H23NO4. The van der Waals surface area contributed by atoms with Crippen molar-refractivity contribution < 1.29 is 19.4 Å². The zero-order chi connectivity index (χ0) is 18.2. The molecule has 0 aromatic heterocycles. The standard InChI is InChI=1S/C20H23NO4/c1-14-8-9-15(2)18(10-14)25-13-19(22)21-12-17(20(23)24)11-16-6-4-3-5-7-16/h3-10,17H,11-13H2,1-2H3,(H,21,22)(H,23,24). The molecule has 1 unspecified atom stereocenters. The molecule has 0 aliphatic heterocycles. The van der Waals surface area contributed by atoms with E-state index in [4.69, 9.17) is 4.74 Å². The zero-order valence-corrected chi connectivity index (χ0v) is 14.5. The van der Waals surface area contributed by atoms with Gasteiger partial charge in [-0.15, -0.1) is 0 Å². The molecule has 1 atom stereocenters. The minimum absolute atomic E-state index is 0.0687. The van der Waals surface area contributed by atoms with Gasteiger partial charge in [-0.05, 0) is 43.0 Å². The molecule has 0 saturated heterocycles. The second kappa shape index (κ2) is 8.87. The summed E-state index contributed by atoms with van der Waals surface area (Å²) in [4.78, 5) is 23.4. The third kappa shape index (κ3) is 5.95. The molecule has 0 fully saturated rings. The molecule has 0 bridgehead atoms. The Labute approximate surface area is 147 Å². The van der Waals surface area contributed by atoms with Gasteiger partial charge in [0.05, 0.1) is 5.92 Å². The molecule has 0 heterocycles. The lowest BCUT2D eigenvalue weighted by Crippen LogP contribution is -2.36. The zero-order valence-electron chi connectivity index (χ0n) is 14.5. The molecule has 2 rings (SSSR count). The van der Waals surface area contributed by atoms with E-state index in [2.05, 4.69) is 5.32 Å². The van der Waals surface area contributed by atoms with Crippen LogP contribution >= 0.6 is 0 Å². The van der Waals surface area contributed by atoms with Gasteiger partial charge in [0.15, 0.2) is 6.61 Å². The van der Waals surface area contributed by atoms with Crippen molar-refractivity contribution in [1.82, 2.24) is 5.32 Å². The molecule has 5 heteroatoms. The second-order valence-corrected chi connectivity index (χ2v) is 6.09. The first-order valence-corrected chi connectivity index (χ1v) is 8.19. The fourth-order valence-corrected chi connectivity index (χ4v) is 2.44. The van der Waals surface area contributed by atoms with Crippen LogP contribution in [0.5, 0.6) is 5.75 Å². The molecule has 0 spiro atoms. The lowest BCUT2D eigenvalue weighted by Gasteiger charge is -2.14. The van der Waals surface area contributed by atoms with E-state index in [1.807, 2.05) is 62.4 Å². The number of aliphatic carboxylic acids is 1. The highest BCUT2D eigenvalue weighted by atomic mass is 16.5. The summed E-state index contributed by atoms with van der Waals surface area (Å²) in [6.45, 7) is 3.79. The largest absolute Gasteiger partial charge is 0.483 e. The van der Waals surface area contributed by atoms with E-state index in [9.17, 15) is 14.7 Å². The number of nitrogens with one attached hydrogen (secondary N) is 1. The van der Waals surface area contributed by atoms with Gasteiger partial charge in [0.1, 0.15) is 5.75 Å². The van der Waals surface area contributed by atoms with Crippen LogP contribution in [0.4, 0.5) is 0 Å². The van der Waals surface area contributed by atoms with Crippen molar-refractivity contribution in [1.29, 1.82) is 0 Å². The number of ether oxygens (including phenoxy) is 1. The maximum Gasteiger partial charge on any atom is 0.308 e. The molecule has 0 radical (unpaired) electrons. The highest BCUT2D eigenvalue weighted by molar-refractivity contribution is 5.78. The van der Waals surface area contributed by atoms with E-state index < -0.39 is 11.9 Å². The number of rotatable bonds is 8. The van der Waals surface area contributed by atoms with Gasteiger partial charge in [-0.2, -0.15) is 0 Å². The lowest BCUT2D eigenvalue weighted by molar-refractivity contribution is -0.141. The van der Waals surface area contributed by atoms with Crippen LogP contribution < -0.4 is 10.1 Å². The minimum Gasteiger partial charge on any atom is -0.483 e. The van der Waals surface area contributed by atoms with Crippen molar-refractivity contribution >= 4 is 11.9 Å². The van der Waals surface area contributed by atoms with Crippen LogP contribution in [0.1, 0.15) is 16.7 Å². The third-order valence-corrected chi connectivity index (χ3v) is 3.92. The predicted molar refractivity (Wildman–Crippen MR) is 95.7 cm³/mol.